The molecule has 40 heavy (non-hydrogen) atoms. The van der Waals surface area contributed by atoms with E-state index in [0.717, 1.165) is 5.57 Å². The number of rotatable bonds is 4. The molecule has 1 atom stereocenters. The number of benzene rings is 2. The fraction of sp³-hybridized carbons (Fsp3) is 0.310. The van der Waals surface area contributed by atoms with E-state index in [1.807, 2.05) is 6.92 Å². The number of aromatic hydroxyl groups is 2. The molecule has 0 bridgehead atoms. The number of allylic oxidation sites excluding steroid dienone is 3. The van der Waals surface area contributed by atoms with Crippen molar-refractivity contribution in [3.8, 4) is 11.5 Å². The predicted molar refractivity (Wildman–Crippen MR) is 157 cm³/mol. The SMILES string of the molecule is C/C(Cl)=C(\C)C(=O)O.CC1=C(C)c2c(Cl)ccc(O)c2C1=O.CCOC(=O)C(C)C(C)=O.Oc1ccc(Cl)cc1. The van der Waals surface area contributed by atoms with E-state index in [-0.39, 0.29) is 28.6 Å². The molecule has 11 heteroatoms. The number of ketones is 2. The summed E-state index contributed by atoms with van der Waals surface area (Å²) in [4.78, 5) is 43.0. The number of halogens is 3. The van der Waals surface area contributed by atoms with Crippen LogP contribution in [-0.2, 0) is 19.1 Å². The Balaban J connectivity index is 0.000000525. The molecule has 8 nitrogen and oxygen atoms in total. The number of phenolic OH excluding ortho intramolecular Hbond substituents is 2. The normalized spacial score (nSPS) is 12.7. The van der Waals surface area contributed by atoms with E-state index in [0.29, 0.717) is 38.4 Å². The van der Waals surface area contributed by atoms with Gasteiger partial charge in [0.15, 0.2) is 5.78 Å². The largest absolute Gasteiger partial charge is 0.508 e. The van der Waals surface area contributed by atoms with Crippen LogP contribution in [0.5, 0.6) is 11.5 Å². The number of ether oxygens (including phenoxy) is 1. The lowest BCUT2D eigenvalue weighted by Gasteiger charge is -2.04. The van der Waals surface area contributed by atoms with Gasteiger partial charge in [0, 0.05) is 31.8 Å². The predicted octanol–water partition coefficient (Wildman–Crippen LogP) is 7.46. The summed E-state index contributed by atoms with van der Waals surface area (Å²) in [5, 5.41) is 28.0. The van der Waals surface area contributed by atoms with Crippen LogP contribution < -0.4 is 0 Å². The van der Waals surface area contributed by atoms with Gasteiger partial charge in [-0.1, -0.05) is 34.8 Å². The first-order chi connectivity index (χ1) is 18.5. The molecule has 0 radical (unpaired) electrons. The number of carbonyl (C=O) groups excluding carboxylic acids is 3. The third-order valence-electron chi connectivity index (χ3n) is 5.55. The van der Waals surface area contributed by atoms with Crippen LogP contribution in [0, 0.1) is 5.92 Å². The molecule has 0 heterocycles. The number of esters is 1. The van der Waals surface area contributed by atoms with E-state index < -0.39 is 17.9 Å². The Morgan fingerprint density at radius 2 is 1.43 bits per heavy atom. The Kier molecular flexibility index (Phi) is 15.9. The highest BCUT2D eigenvalue weighted by molar-refractivity contribution is 6.35. The Bertz CT molecular complexity index is 1270. The number of fused-ring (bicyclic) bond motifs is 1. The molecule has 0 aromatic heterocycles. The second kappa shape index (κ2) is 17.4. The maximum atomic E-state index is 11.7. The number of phenols is 2. The van der Waals surface area contributed by atoms with Crippen LogP contribution in [0.3, 0.4) is 0 Å². The molecular formula is C29H33Cl3O8. The van der Waals surface area contributed by atoms with E-state index in [9.17, 15) is 24.3 Å². The highest BCUT2D eigenvalue weighted by Gasteiger charge is 2.29. The summed E-state index contributed by atoms with van der Waals surface area (Å²) < 4.78 is 4.61. The van der Waals surface area contributed by atoms with E-state index in [1.165, 1.54) is 19.9 Å². The van der Waals surface area contributed by atoms with Gasteiger partial charge in [0.25, 0.3) is 0 Å². The average molecular weight is 616 g/mol. The second-order valence-corrected chi connectivity index (χ2v) is 9.83. The zero-order valence-electron chi connectivity index (χ0n) is 23.3. The summed E-state index contributed by atoms with van der Waals surface area (Å²) in [5.74, 6) is -2.04. The monoisotopic (exact) mass is 614 g/mol. The van der Waals surface area contributed by atoms with Crippen LogP contribution in [0.4, 0.5) is 0 Å². The molecule has 2 aromatic rings. The number of hydrogen-bond donors (Lipinski definition) is 3. The van der Waals surface area contributed by atoms with Gasteiger partial charge in [-0.25, -0.2) is 4.79 Å². The highest BCUT2D eigenvalue weighted by atomic mass is 35.5. The summed E-state index contributed by atoms with van der Waals surface area (Å²) in [5.41, 5.74) is 2.72. The van der Waals surface area contributed by atoms with Gasteiger partial charge in [-0.2, -0.15) is 0 Å². The Hall–Kier alpha value is -3.33. The fourth-order valence-electron chi connectivity index (χ4n) is 2.73. The Morgan fingerprint density at radius 3 is 1.77 bits per heavy atom. The van der Waals surface area contributed by atoms with Gasteiger partial charge < -0.3 is 20.1 Å². The molecule has 0 aliphatic heterocycles. The van der Waals surface area contributed by atoms with Gasteiger partial charge in [-0.15, -0.1) is 0 Å². The smallest absolute Gasteiger partial charge is 0.332 e. The number of carboxylic acid groups (broad SMARTS) is 1. The molecule has 1 aliphatic carbocycles. The molecule has 3 N–H and O–H groups in total. The van der Waals surface area contributed by atoms with Crippen molar-refractivity contribution in [2.45, 2.75) is 48.5 Å². The number of carboxylic acids is 1. The highest BCUT2D eigenvalue weighted by Crippen LogP contribution is 2.41. The van der Waals surface area contributed by atoms with Crippen molar-refractivity contribution in [1.82, 2.24) is 0 Å². The van der Waals surface area contributed by atoms with E-state index in [2.05, 4.69) is 4.74 Å². The number of hydrogen-bond acceptors (Lipinski definition) is 7. The van der Waals surface area contributed by atoms with Crippen LogP contribution in [0.2, 0.25) is 10.0 Å². The first kappa shape index (κ1) is 36.7. The van der Waals surface area contributed by atoms with E-state index in [4.69, 9.17) is 45.0 Å². The maximum absolute atomic E-state index is 11.7. The summed E-state index contributed by atoms with van der Waals surface area (Å²) in [6, 6.07) is 9.41. The first-order valence-corrected chi connectivity index (χ1v) is 13.0. The minimum atomic E-state index is -0.961. The van der Waals surface area contributed by atoms with Gasteiger partial charge in [-0.3, -0.25) is 14.4 Å². The lowest BCUT2D eigenvalue weighted by molar-refractivity contribution is -0.150. The van der Waals surface area contributed by atoms with Crippen molar-refractivity contribution >= 4 is 63.9 Å². The van der Waals surface area contributed by atoms with Gasteiger partial charge in [0.05, 0.1) is 12.2 Å². The molecule has 1 unspecified atom stereocenters. The third kappa shape index (κ3) is 11.4. The zero-order valence-corrected chi connectivity index (χ0v) is 25.5. The number of aliphatic carboxylic acids is 1. The van der Waals surface area contributed by atoms with Gasteiger partial charge in [0.2, 0.25) is 0 Å². The second-order valence-electron chi connectivity index (χ2n) is 8.42. The molecule has 1 aliphatic rings. The standard InChI is InChI=1S/C11H9ClO2.C7H12O3.C6H5ClO.C5H7ClO2/c1-5-6(2)11(14)10-8(13)4-3-7(12)9(5)10;1-4-10-7(9)5(2)6(3)8;7-5-1-3-6(8)4-2-5;1-3(4(2)6)5(7)8/h3-4,13H,1-2H3;5H,4H2,1-3H3;1-4,8H;1-2H3,(H,7,8)/b;;;4-3-. The molecule has 2 aromatic carbocycles. The zero-order chi connectivity index (χ0) is 31.3. The molecule has 3 rings (SSSR count). The van der Waals surface area contributed by atoms with Crippen molar-refractivity contribution in [2.24, 2.45) is 5.92 Å². The quantitative estimate of drug-likeness (QED) is 0.183. The molecule has 0 amide bonds. The molecular weight excluding hydrogens is 583 g/mol. The summed E-state index contributed by atoms with van der Waals surface area (Å²) >= 11 is 16.8. The van der Waals surface area contributed by atoms with Crippen molar-refractivity contribution < 1.29 is 39.2 Å². The molecule has 0 fully saturated rings. The first-order valence-electron chi connectivity index (χ1n) is 11.9. The van der Waals surface area contributed by atoms with E-state index in [1.54, 1.807) is 58.0 Å². The van der Waals surface area contributed by atoms with Crippen molar-refractivity contribution in [1.29, 1.82) is 0 Å². The summed E-state index contributed by atoms with van der Waals surface area (Å²) in [6.45, 7) is 11.6. The molecule has 218 valence electrons. The lowest BCUT2D eigenvalue weighted by atomic mass is 10.1. The molecule has 0 spiro atoms. The number of Topliss-reactive ketones (excluding diaryl/α,β-unsaturated/α-hetero) is 2. The minimum absolute atomic E-state index is 0.00519. The average Bonchev–Trinajstić information content (AvgIpc) is 3.13. The van der Waals surface area contributed by atoms with Crippen molar-refractivity contribution in [2.75, 3.05) is 6.61 Å². The fourth-order valence-corrected chi connectivity index (χ4v) is 3.24. The molecule has 0 saturated carbocycles. The Labute approximate surface area is 248 Å². The van der Waals surface area contributed by atoms with Crippen molar-refractivity contribution in [3.05, 3.63) is 73.7 Å². The Morgan fingerprint density at radius 1 is 0.900 bits per heavy atom. The van der Waals surface area contributed by atoms with Crippen molar-refractivity contribution in [3.63, 3.8) is 0 Å². The lowest BCUT2D eigenvalue weighted by Crippen LogP contribution is -2.20. The van der Waals surface area contributed by atoms with Gasteiger partial charge >= 0.3 is 11.9 Å². The number of carbonyl (C=O) groups is 4. The van der Waals surface area contributed by atoms with Gasteiger partial charge in [0.1, 0.15) is 23.2 Å². The van der Waals surface area contributed by atoms with E-state index >= 15 is 0 Å². The van der Waals surface area contributed by atoms with Crippen LogP contribution in [0.25, 0.3) is 5.57 Å². The van der Waals surface area contributed by atoms with Crippen LogP contribution in [0.15, 0.2) is 52.6 Å². The van der Waals surface area contributed by atoms with Crippen LogP contribution in [-0.4, -0.2) is 45.4 Å². The molecule has 0 saturated heterocycles. The summed E-state index contributed by atoms with van der Waals surface area (Å²) in [7, 11) is 0. The summed E-state index contributed by atoms with van der Waals surface area (Å²) in [6.07, 6.45) is 0. The van der Waals surface area contributed by atoms with Crippen LogP contribution in [0.1, 0.15) is 64.4 Å². The topological polar surface area (TPSA) is 138 Å². The van der Waals surface area contributed by atoms with Crippen LogP contribution >= 0.6 is 34.8 Å². The van der Waals surface area contributed by atoms with Gasteiger partial charge in [-0.05, 0) is 90.4 Å². The third-order valence-corrected chi connectivity index (χ3v) is 6.40. The minimum Gasteiger partial charge on any atom is -0.508 e. The maximum Gasteiger partial charge on any atom is 0.332 e.